The monoisotopic (exact) mass is 445 g/mol. The first kappa shape index (κ1) is 21.7. The minimum Gasteiger partial charge on any atom is -0.369 e. The number of nitrogens with zero attached hydrogens (tertiary/aromatic N) is 3. The van der Waals surface area contributed by atoms with Crippen LogP contribution in [0.2, 0.25) is 0 Å². The van der Waals surface area contributed by atoms with Gasteiger partial charge in [0.1, 0.15) is 5.41 Å². The molecule has 4 aromatic carbocycles. The third-order valence-electron chi connectivity index (χ3n) is 6.45. The van der Waals surface area contributed by atoms with Crippen LogP contribution in [0.4, 0.5) is 5.69 Å². The Morgan fingerprint density at radius 2 is 1.06 bits per heavy atom. The van der Waals surface area contributed by atoms with Crippen LogP contribution < -0.4 is 4.90 Å². The summed E-state index contributed by atoms with van der Waals surface area (Å²) in [6, 6.07) is 40.0. The molecule has 168 valence electrons. The van der Waals surface area contributed by atoms with Crippen LogP contribution >= 0.6 is 0 Å². The highest BCUT2D eigenvalue weighted by molar-refractivity contribution is 6.14. The highest BCUT2D eigenvalue weighted by Gasteiger charge is 2.74. The quantitative estimate of drug-likeness (QED) is 0.224. The number of aliphatic imine (C=N–C) groups is 1. The molecule has 1 atom stereocenters. The van der Waals surface area contributed by atoms with Crippen molar-refractivity contribution in [2.75, 3.05) is 19.0 Å². The number of carbonyl (C=O) groups is 1. The Morgan fingerprint density at radius 3 is 1.50 bits per heavy atom. The molecule has 1 heterocycles. The molecule has 4 nitrogen and oxygen atoms in total. The van der Waals surface area contributed by atoms with Gasteiger partial charge in [-0.15, -0.1) is 0 Å². The van der Waals surface area contributed by atoms with Gasteiger partial charge in [-0.25, -0.2) is 4.99 Å². The predicted octanol–water partition coefficient (Wildman–Crippen LogP) is 5.46. The van der Waals surface area contributed by atoms with Crippen molar-refractivity contribution in [1.82, 2.24) is 4.90 Å². The summed E-state index contributed by atoms with van der Waals surface area (Å²) in [4.78, 5) is 23.6. The molecule has 0 bridgehead atoms. The number of carbonyl (C=O) groups excluding carboxylic acids is 1. The summed E-state index contributed by atoms with van der Waals surface area (Å²) in [7, 11) is 3.89. The Hall–Kier alpha value is -4.18. The van der Waals surface area contributed by atoms with E-state index in [1.807, 2.05) is 139 Å². The Morgan fingerprint density at radius 1 is 0.647 bits per heavy atom. The standard InChI is InChI=1S/C30H27N3O/c1-32(2)23-31-30(26-19-11-5-12-20-26)29(24-15-7-3-8-16-24,25-17-9-4-10-18-25)28(34)33(30)27-21-13-6-14-22-27/h3-23H,1-2H3/b31-23+. The van der Waals surface area contributed by atoms with E-state index < -0.39 is 11.1 Å². The van der Waals surface area contributed by atoms with Crippen LogP contribution in [0.5, 0.6) is 0 Å². The zero-order valence-corrected chi connectivity index (χ0v) is 19.4. The van der Waals surface area contributed by atoms with E-state index in [9.17, 15) is 4.79 Å². The molecule has 0 radical (unpaired) electrons. The lowest BCUT2D eigenvalue weighted by Gasteiger charge is -2.63. The van der Waals surface area contributed by atoms with Crippen LogP contribution in [0.25, 0.3) is 0 Å². The zero-order chi connectivity index (χ0) is 23.6. The lowest BCUT2D eigenvalue weighted by molar-refractivity contribution is -0.136. The number of hydrogen-bond donors (Lipinski definition) is 0. The maximum Gasteiger partial charge on any atom is 0.249 e. The average Bonchev–Trinajstić information content (AvgIpc) is 2.89. The summed E-state index contributed by atoms with van der Waals surface area (Å²) in [5, 5.41) is 0. The third-order valence-corrected chi connectivity index (χ3v) is 6.45. The number of anilines is 1. The Bertz CT molecular complexity index is 1250. The lowest BCUT2D eigenvalue weighted by atomic mass is 9.55. The van der Waals surface area contributed by atoms with E-state index in [0.29, 0.717) is 0 Å². The molecule has 1 aliphatic rings. The molecule has 1 unspecified atom stereocenters. The number of para-hydroxylation sites is 1. The van der Waals surface area contributed by atoms with Crippen LogP contribution in [-0.2, 0) is 15.9 Å². The molecule has 0 aromatic heterocycles. The van der Waals surface area contributed by atoms with Gasteiger partial charge in [0.25, 0.3) is 0 Å². The second kappa shape index (κ2) is 8.64. The topological polar surface area (TPSA) is 35.9 Å². The molecule has 1 fully saturated rings. The molecule has 34 heavy (non-hydrogen) atoms. The molecule has 0 saturated carbocycles. The van der Waals surface area contributed by atoms with Gasteiger partial charge < -0.3 is 4.90 Å². The predicted molar refractivity (Wildman–Crippen MR) is 138 cm³/mol. The molecule has 4 aromatic rings. The zero-order valence-electron chi connectivity index (χ0n) is 19.4. The van der Waals surface area contributed by atoms with E-state index in [1.165, 1.54) is 0 Å². The van der Waals surface area contributed by atoms with Gasteiger partial charge in [0.05, 0.1) is 6.34 Å². The third kappa shape index (κ3) is 3.06. The summed E-state index contributed by atoms with van der Waals surface area (Å²) in [5.41, 5.74) is 1.52. The fraction of sp³-hybridized carbons (Fsp3) is 0.133. The minimum absolute atomic E-state index is 0.00383. The van der Waals surface area contributed by atoms with E-state index in [2.05, 4.69) is 12.1 Å². The van der Waals surface area contributed by atoms with E-state index in [1.54, 1.807) is 0 Å². The van der Waals surface area contributed by atoms with Gasteiger partial charge in [0, 0.05) is 25.3 Å². The number of hydrogen-bond acceptors (Lipinski definition) is 2. The normalized spacial score (nSPS) is 19.1. The van der Waals surface area contributed by atoms with Crippen molar-refractivity contribution in [2.24, 2.45) is 4.99 Å². The maximum absolute atomic E-state index is 14.6. The van der Waals surface area contributed by atoms with Crippen molar-refractivity contribution in [2.45, 2.75) is 11.1 Å². The van der Waals surface area contributed by atoms with E-state index in [4.69, 9.17) is 4.99 Å². The molecular weight excluding hydrogens is 418 g/mol. The number of β-lactam (4-membered cyclic amide) rings is 1. The van der Waals surface area contributed by atoms with Crippen LogP contribution in [-0.4, -0.2) is 31.2 Å². The van der Waals surface area contributed by atoms with Gasteiger partial charge in [-0.05, 0) is 23.3 Å². The van der Waals surface area contributed by atoms with Gasteiger partial charge in [-0.2, -0.15) is 0 Å². The van der Waals surface area contributed by atoms with Crippen molar-refractivity contribution >= 4 is 17.9 Å². The Kier molecular flexibility index (Phi) is 5.50. The average molecular weight is 446 g/mol. The largest absolute Gasteiger partial charge is 0.369 e. The van der Waals surface area contributed by atoms with Crippen molar-refractivity contribution in [3.8, 4) is 0 Å². The first-order chi connectivity index (χ1) is 16.6. The van der Waals surface area contributed by atoms with E-state index >= 15 is 0 Å². The summed E-state index contributed by atoms with van der Waals surface area (Å²) in [6.07, 6.45) is 1.82. The molecule has 5 rings (SSSR count). The van der Waals surface area contributed by atoms with Crippen molar-refractivity contribution < 1.29 is 4.79 Å². The van der Waals surface area contributed by atoms with Gasteiger partial charge in [-0.1, -0.05) is 109 Å². The lowest BCUT2D eigenvalue weighted by Crippen LogP contribution is -2.78. The minimum atomic E-state index is -1.04. The Labute approximate surface area is 200 Å². The molecule has 1 aliphatic heterocycles. The molecule has 0 N–H and O–H groups in total. The SMILES string of the molecule is CN(C)/C=N/C1(c2ccccc2)N(c2ccccc2)C(=O)C1(c1ccccc1)c1ccccc1. The van der Waals surface area contributed by atoms with Crippen molar-refractivity contribution in [1.29, 1.82) is 0 Å². The summed E-state index contributed by atoms with van der Waals surface area (Å²) >= 11 is 0. The summed E-state index contributed by atoms with van der Waals surface area (Å²) < 4.78 is 0. The van der Waals surface area contributed by atoms with Crippen molar-refractivity contribution in [3.63, 3.8) is 0 Å². The summed E-state index contributed by atoms with van der Waals surface area (Å²) in [5.74, 6) is -0.00383. The fourth-order valence-corrected chi connectivity index (χ4v) is 5.10. The number of rotatable bonds is 6. The molecule has 0 aliphatic carbocycles. The van der Waals surface area contributed by atoms with Crippen LogP contribution in [0.1, 0.15) is 16.7 Å². The first-order valence-electron chi connectivity index (χ1n) is 11.4. The van der Waals surface area contributed by atoms with Crippen LogP contribution in [0.15, 0.2) is 126 Å². The van der Waals surface area contributed by atoms with Gasteiger partial charge in [0.15, 0.2) is 5.66 Å². The highest BCUT2D eigenvalue weighted by Crippen LogP contribution is 2.62. The highest BCUT2D eigenvalue weighted by atomic mass is 16.2. The van der Waals surface area contributed by atoms with Gasteiger partial charge in [-0.3, -0.25) is 9.69 Å². The summed E-state index contributed by atoms with van der Waals surface area (Å²) in [6.45, 7) is 0. The van der Waals surface area contributed by atoms with Gasteiger partial charge >= 0.3 is 0 Å². The number of amides is 1. The smallest absolute Gasteiger partial charge is 0.249 e. The van der Waals surface area contributed by atoms with E-state index in [-0.39, 0.29) is 5.91 Å². The molecule has 0 spiro atoms. The fourth-order valence-electron chi connectivity index (χ4n) is 5.10. The first-order valence-corrected chi connectivity index (χ1v) is 11.4. The van der Waals surface area contributed by atoms with Crippen LogP contribution in [0.3, 0.4) is 0 Å². The molecule has 1 saturated heterocycles. The second-order valence-corrected chi connectivity index (χ2v) is 8.70. The van der Waals surface area contributed by atoms with Crippen molar-refractivity contribution in [3.05, 3.63) is 138 Å². The van der Waals surface area contributed by atoms with Gasteiger partial charge in [0.2, 0.25) is 5.91 Å². The number of benzene rings is 4. The maximum atomic E-state index is 14.6. The molecule has 1 amide bonds. The van der Waals surface area contributed by atoms with E-state index in [0.717, 1.165) is 22.4 Å². The Balaban J connectivity index is 1.92. The molecule has 4 heteroatoms. The van der Waals surface area contributed by atoms with Crippen LogP contribution in [0, 0.1) is 0 Å². The molecular formula is C30H27N3O. The second-order valence-electron chi connectivity index (χ2n) is 8.70.